The lowest BCUT2D eigenvalue weighted by Crippen LogP contribution is -2.28. The Hall–Kier alpha value is -3.87. The van der Waals surface area contributed by atoms with Crippen LogP contribution in [0.1, 0.15) is 39.9 Å². The molecule has 2 bridgehead atoms. The third-order valence-corrected chi connectivity index (χ3v) is 8.77. The summed E-state index contributed by atoms with van der Waals surface area (Å²) < 4.78 is 41.9. The first-order valence-electron chi connectivity index (χ1n) is 12.3. The van der Waals surface area contributed by atoms with Gasteiger partial charge in [-0.05, 0) is 42.3 Å². The Balaban J connectivity index is 1.38. The monoisotopic (exact) mass is 509 g/mol. The van der Waals surface area contributed by atoms with Crippen molar-refractivity contribution in [1.82, 2.24) is 4.31 Å². The van der Waals surface area contributed by atoms with E-state index in [0.717, 1.165) is 27.8 Å². The van der Waals surface area contributed by atoms with Crippen molar-refractivity contribution in [3.8, 4) is 11.5 Å². The van der Waals surface area contributed by atoms with E-state index in [2.05, 4.69) is 0 Å². The fourth-order valence-corrected chi connectivity index (χ4v) is 6.73. The topological polar surface area (TPSA) is 55.8 Å². The maximum absolute atomic E-state index is 13.9. The van der Waals surface area contributed by atoms with E-state index in [1.807, 2.05) is 104 Å². The van der Waals surface area contributed by atoms with Crippen LogP contribution in [-0.2, 0) is 23.2 Å². The summed E-state index contributed by atoms with van der Waals surface area (Å²) in [5.74, 6) is 1.35. The van der Waals surface area contributed by atoms with Crippen LogP contribution in [0.5, 0.6) is 11.5 Å². The molecule has 6 heteroatoms. The molecule has 0 saturated carbocycles. The quantitative estimate of drug-likeness (QED) is 0.254. The van der Waals surface area contributed by atoms with Crippen LogP contribution in [0.15, 0.2) is 114 Å². The summed E-state index contributed by atoms with van der Waals surface area (Å²) in [5, 5.41) is 0. The van der Waals surface area contributed by atoms with Gasteiger partial charge in [0.05, 0.1) is 17.0 Å². The van der Waals surface area contributed by atoms with E-state index >= 15 is 0 Å². The second-order valence-electron chi connectivity index (χ2n) is 9.36. The number of hydrogen-bond acceptors (Lipinski definition) is 4. The lowest BCUT2D eigenvalue weighted by atomic mass is 9.95. The van der Waals surface area contributed by atoms with Gasteiger partial charge in [-0.3, -0.25) is 0 Å². The van der Waals surface area contributed by atoms with Crippen LogP contribution in [0.3, 0.4) is 0 Å². The van der Waals surface area contributed by atoms with Crippen LogP contribution < -0.4 is 9.47 Å². The van der Waals surface area contributed by atoms with Crippen molar-refractivity contribution in [2.24, 2.45) is 0 Å². The predicted octanol–water partition coefficient (Wildman–Crippen LogP) is 6.51. The molecule has 2 aliphatic rings. The molecule has 0 aliphatic carbocycles. The number of benzene rings is 4. The minimum Gasteiger partial charge on any atom is -0.489 e. The van der Waals surface area contributed by atoms with Gasteiger partial charge in [0, 0.05) is 11.1 Å². The third-order valence-electron chi connectivity index (χ3n) is 6.89. The maximum atomic E-state index is 13.9. The molecule has 0 N–H and O–H groups in total. The van der Waals surface area contributed by atoms with E-state index in [0.29, 0.717) is 24.7 Å². The highest BCUT2D eigenvalue weighted by molar-refractivity contribution is 7.89. The highest BCUT2D eigenvalue weighted by Gasteiger charge is 2.50. The second kappa shape index (κ2) is 9.54. The van der Waals surface area contributed by atoms with Gasteiger partial charge in [0.25, 0.3) is 0 Å². The Morgan fingerprint density at radius 1 is 0.649 bits per heavy atom. The summed E-state index contributed by atoms with van der Waals surface area (Å²) in [7, 11) is -3.77. The first-order valence-corrected chi connectivity index (χ1v) is 13.7. The van der Waals surface area contributed by atoms with Gasteiger partial charge < -0.3 is 9.47 Å². The molecule has 0 spiro atoms. The zero-order valence-corrected chi connectivity index (χ0v) is 21.3. The van der Waals surface area contributed by atoms with E-state index in [4.69, 9.17) is 9.47 Å². The first-order chi connectivity index (χ1) is 18.0. The average molecular weight is 510 g/mol. The van der Waals surface area contributed by atoms with Crippen LogP contribution in [0.2, 0.25) is 0 Å². The molecule has 4 aromatic carbocycles. The molecule has 4 aromatic rings. The summed E-state index contributed by atoms with van der Waals surface area (Å²) in [6, 6.07) is 29.8. The van der Waals surface area contributed by atoms with Crippen LogP contribution in [0, 0.1) is 6.92 Å². The Morgan fingerprint density at radius 2 is 1.11 bits per heavy atom. The number of rotatable bonds is 8. The number of nitrogens with zero attached hydrogens (tertiary/aromatic N) is 1. The first kappa shape index (κ1) is 23.5. The molecule has 5 nitrogen and oxygen atoms in total. The van der Waals surface area contributed by atoms with Crippen molar-refractivity contribution in [3.05, 3.63) is 137 Å². The third kappa shape index (κ3) is 4.32. The van der Waals surface area contributed by atoms with Gasteiger partial charge in [-0.25, -0.2) is 8.42 Å². The van der Waals surface area contributed by atoms with Gasteiger partial charge in [0.2, 0.25) is 10.0 Å². The largest absolute Gasteiger partial charge is 0.489 e. The van der Waals surface area contributed by atoms with E-state index in [1.54, 1.807) is 16.4 Å². The molecule has 0 saturated heterocycles. The number of sulfonamides is 1. The smallest absolute Gasteiger partial charge is 0.244 e. The Kier molecular flexibility index (Phi) is 6.07. The van der Waals surface area contributed by atoms with Crippen LogP contribution in [-0.4, -0.2) is 12.7 Å². The molecule has 2 heterocycles. The zero-order valence-electron chi connectivity index (χ0n) is 20.4. The summed E-state index contributed by atoms with van der Waals surface area (Å²) in [4.78, 5) is 0.281. The van der Waals surface area contributed by atoms with Gasteiger partial charge >= 0.3 is 0 Å². The van der Waals surface area contributed by atoms with Crippen LogP contribution >= 0.6 is 0 Å². The predicted molar refractivity (Wildman–Crippen MR) is 143 cm³/mol. The van der Waals surface area contributed by atoms with Crippen molar-refractivity contribution >= 4 is 10.0 Å². The van der Waals surface area contributed by atoms with E-state index in [9.17, 15) is 8.42 Å². The highest BCUT2D eigenvalue weighted by Crippen LogP contribution is 2.57. The van der Waals surface area contributed by atoms with Crippen molar-refractivity contribution in [3.63, 3.8) is 0 Å². The maximum Gasteiger partial charge on any atom is 0.244 e. The highest BCUT2D eigenvalue weighted by atomic mass is 32.2. The van der Waals surface area contributed by atoms with Gasteiger partial charge in [0.1, 0.15) is 24.7 Å². The Labute approximate surface area is 217 Å². The number of aryl methyl sites for hydroxylation is 1. The van der Waals surface area contributed by atoms with Gasteiger partial charge in [-0.1, -0.05) is 90.5 Å². The van der Waals surface area contributed by atoms with Crippen LogP contribution in [0.25, 0.3) is 0 Å². The lowest BCUT2D eigenvalue weighted by molar-refractivity contribution is 0.293. The van der Waals surface area contributed by atoms with E-state index in [1.165, 1.54) is 0 Å². The fourth-order valence-electron chi connectivity index (χ4n) is 5.06. The molecule has 0 radical (unpaired) electrons. The lowest BCUT2D eigenvalue weighted by Gasteiger charge is -2.22. The number of hydrogen-bond donors (Lipinski definition) is 0. The zero-order chi connectivity index (χ0) is 25.4. The molecular weight excluding hydrogens is 482 g/mol. The molecule has 186 valence electrons. The Morgan fingerprint density at radius 3 is 1.57 bits per heavy atom. The van der Waals surface area contributed by atoms with Crippen LogP contribution in [0.4, 0.5) is 0 Å². The fraction of sp³-hybridized carbons (Fsp3) is 0.161. The summed E-state index contributed by atoms with van der Waals surface area (Å²) in [6.45, 7) is 2.73. The molecule has 0 aromatic heterocycles. The van der Waals surface area contributed by atoms with E-state index < -0.39 is 22.1 Å². The minimum atomic E-state index is -3.77. The molecule has 37 heavy (non-hydrogen) atoms. The second-order valence-corrected chi connectivity index (χ2v) is 11.2. The molecule has 0 unspecified atom stereocenters. The molecule has 0 fully saturated rings. The minimum absolute atomic E-state index is 0.281. The Bertz CT molecular complexity index is 1470. The van der Waals surface area contributed by atoms with Gasteiger partial charge in [0.15, 0.2) is 0 Å². The number of fused-ring (bicyclic) bond motifs is 5. The van der Waals surface area contributed by atoms with Gasteiger partial charge in [-0.2, -0.15) is 4.31 Å². The van der Waals surface area contributed by atoms with Crippen molar-refractivity contribution < 1.29 is 17.9 Å². The van der Waals surface area contributed by atoms with E-state index in [-0.39, 0.29) is 4.90 Å². The molecule has 6 rings (SSSR count). The molecule has 0 amide bonds. The van der Waals surface area contributed by atoms with Crippen molar-refractivity contribution in [2.45, 2.75) is 37.1 Å². The SMILES string of the molecule is Cc1ccc(S(=O)(=O)N2[C@@H]3C=C[C@H]2c2c(OCc4ccccc4)ccc(OCc4ccccc4)c23)cc1. The summed E-state index contributed by atoms with van der Waals surface area (Å²) in [6.07, 6.45) is 3.91. The summed E-state index contributed by atoms with van der Waals surface area (Å²) >= 11 is 0. The van der Waals surface area contributed by atoms with Crippen molar-refractivity contribution in [1.29, 1.82) is 0 Å². The standard InChI is InChI=1S/C31H27NO4S/c1-22-12-14-25(15-13-22)37(33,34)32-26-16-17-27(32)31-29(36-21-24-10-6-3-7-11-24)19-18-28(30(26)31)35-20-23-8-4-2-5-9-23/h2-19,26-27H,20-21H2,1H3/t26-,27+. The summed E-state index contributed by atoms with van der Waals surface area (Å²) in [5.41, 5.74) is 4.80. The molecular formula is C31H27NO4S. The van der Waals surface area contributed by atoms with Gasteiger partial charge in [-0.15, -0.1) is 0 Å². The molecule has 2 aliphatic heterocycles. The normalized spacial score (nSPS) is 18.1. The average Bonchev–Trinajstić information content (AvgIpc) is 3.51. The molecule has 2 atom stereocenters. The number of ether oxygens (including phenoxy) is 2. The van der Waals surface area contributed by atoms with Crippen molar-refractivity contribution in [2.75, 3.05) is 0 Å².